The number of carbonyl (C=O) groups excluding carboxylic acids is 1. The third-order valence-electron chi connectivity index (χ3n) is 3.95. The van der Waals surface area contributed by atoms with Crippen LogP contribution in [0.5, 0.6) is 0 Å². The van der Waals surface area contributed by atoms with Gasteiger partial charge in [0, 0.05) is 19.5 Å². The van der Waals surface area contributed by atoms with Gasteiger partial charge < -0.3 is 10.0 Å². The van der Waals surface area contributed by atoms with Crippen molar-refractivity contribution in [1.29, 1.82) is 0 Å². The Morgan fingerprint density at radius 3 is 2.24 bits per heavy atom. The number of likely N-dealkylation sites (tertiary alicyclic amines) is 1. The Morgan fingerprint density at radius 1 is 1.24 bits per heavy atom. The highest BCUT2D eigenvalue weighted by molar-refractivity contribution is 5.78. The number of rotatable bonds is 5. The quantitative estimate of drug-likeness (QED) is 0.803. The number of carbonyl (C=O) groups is 2. The second-order valence-electron chi connectivity index (χ2n) is 4.92. The van der Waals surface area contributed by atoms with Crippen LogP contribution in [0.3, 0.4) is 0 Å². The number of hydrogen-bond acceptors (Lipinski definition) is 2. The second-order valence-corrected chi connectivity index (χ2v) is 4.92. The van der Waals surface area contributed by atoms with Gasteiger partial charge in [-0.1, -0.05) is 20.3 Å². The van der Waals surface area contributed by atoms with Gasteiger partial charge in [-0.15, -0.1) is 0 Å². The Hall–Kier alpha value is -1.06. The van der Waals surface area contributed by atoms with Gasteiger partial charge in [-0.2, -0.15) is 0 Å². The maximum atomic E-state index is 11.8. The predicted molar refractivity (Wildman–Crippen MR) is 65.7 cm³/mol. The third kappa shape index (κ3) is 3.20. The average molecular weight is 241 g/mol. The topological polar surface area (TPSA) is 57.6 Å². The summed E-state index contributed by atoms with van der Waals surface area (Å²) in [5.41, 5.74) is -0.596. The summed E-state index contributed by atoms with van der Waals surface area (Å²) >= 11 is 0. The van der Waals surface area contributed by atoms with Gasteiger partial charge in [-0.05, 0) is 25.7 Å². The van der Waals surface area contributed by atoms with Crippen LogP contribution in [-0.2, 0) is 9.59 Å². The van der Waals surface area contributed by atoms with Gasteiger partial charge in [0.1, 0.15) is 0 Å². The largest absolute Gasteiger partial charge is 0.481 e. The number of hydrogen-bond donors (Lipinski definition) is 1. The van der Waals surface area contributed by atoms with E-state index in [4.69, 9.17) is 0 Å². The predicted octanol–water partition coefficient (Wildman–Crippen LogP) is 2.28. The van der Waals surface area contributed by atoms with Crippen molar-refractivity contribution in [3.8, 4) is 0 Å². The molecule has 1 heterocycles. The first kappa shape index (κ1) is 14.0. The highest BCUT2D eigenvalue weighted by atomic mass is 16.4. The summed E-state index contributed by atoms with van der Waals surface area (Å²) in [7, 11) is 0. The first-order valence-corrected chi connectivity index (χ1v) is 6.57. The summed E-state index contributed by atoms with van der Waals surface area (Å²) in [6.45, 7) is 5.18. The molecule has 1 aliphatic heterocycles. The lowest BCUT2D eigenvalue weighted by Crippen LogP contribution is -2.46. The Labute approximate surface area is 103 Å². The van der Waals surface area contributed by atoms with E-state index in [-0.39, 0.29) is 5.91 Å². The summed E-state index contributed by atoms with van der Waals surface area (Å²) in [5.74, 6) is -0.525. The van der Waals surface area contributed by atoms with Crippen LogP contribution in [0, 0.1) is 5.41 Å². The summed E-state index contributed by atoms with van der Waals surface area (Å²) in [6.07, 6.45) is 4.39. The first-order chi connectivity index (χ1) is 8.05. The molecule has 0 saturated carbocycles. The van der Waals surface area contributed by atoms with Crippen LogP contribution in [-0.4, -0.2) is 35.0 Å². The van der Waals surface area contributed by atoms with Crippen molar-refractivity contribution >= 4 is 11.9 Å². The molecular weight excluding hydrogens is 218 g/mol. The van der Waals surface area contributed by atoms with E-state index in [1.165, 1.54) is 0 Å². The van der Waals surface area contributed by atoms with Gasteiger partial charge in [-0.25, -0.2) is 0 Å². The highest BCUT2D eigenvalue weighted by Crippen LogP contribution is 2.35. The number of piperidine rings is 1. The zero-order valence-corrected chi connectivity index (χ0v) is 10.9. The van der Waals surface area contributed by atoms with Gasteiger partial charge in [0.15, 0.2) is 0 Å². The van der Waals surface area contributed by atoms with Gasteiger partial charge in [0.05, 0.1) is 5.41 Å². The minimum atomic E-state index is -0.708. The molecule has 17 heavy (non-hydrogen) atoms. The molecular formula is C13H23NO3. The lowest BCUT2D eigenvalue weighted by molar-refractivity contribution is -0.154. The Bertz CT molecular complexity index is 280. The zero-order valence-electron chi connectivity index (χ0n) is 10.9. The lowest BCUT2D eigenvalue weighted by Gasteiger charge is -2.38. The smallest absolute Gasteiger partial charge is 0.309 e. The maximum Gasteiger partial charge on any atom is 0.309 e. The molecule has 0 unspecified atom stereocenters. The molecule has 1 amide bonds. The molecule has 0 bridgehead atoms. The van der Waals surface area contributed by atoms with Crippen molar-refractivity contribution in [3.63, 3.8) is 0 Å². The van der Waals surface area contributed by atoms with E-state index >= 15 is 0 Å². The fourth-order valence-corrected chi connectivity index (χ4v) is 2.39. The molecule has 0 aromatic carbocycles. The molecule has 0 atom stereocenters. The standard InChI is InChI=1S/C13H23NO3/c1-3-5-6-11(15)14-9-7-13(4-2,8-10-14)12(16)17/h3-10H2,1-2H3,(H,16,17). The third-order valence-corrected chi connectivity index (χ3v) is 3.95. The second kappa shape index (κ2) is 6.03. The molecule has 1 fully saturated rings. The summed E-state index contributed by atoms with van der Waals surface area (Å²) < 4.78 is 0. The molecule has 0 aromatic rings. The summed E-state index contributed by atoms with van der Waals surface area (Å²) in [4.78, 5) is 24.9. The fraction of sp³-hybridized carbons (Fsp3) is 0.846. The van der Waals surface area contributed by atoms with E-state index in [0.717, 1.165) is 12.8 Å². The summed E-state index contributed by atoms with van der Waals surface area (Å²) in [6, 6.07) is 0. The van der Waals surface area contributed by atoms with E-state index in [1.807, 2.05) is 11.8 Å². The van der Waals surface area contributed by atoms with E-state index in [2.05, 4.69) is 6.92 Å². The SMILES string of the molecule is CCCCC(=O)N1CCC(CC)(C(=O)O)CC1. The number of carboxylic acids is 1. The molecule has 1 saturated heterocycles. The van der Waals surface area contributed by atoms with Crippen molar-refractivity contribution in [1.82, 2.24) is 4.90 Å². The van der Waals surface area contributed by atoms with E-state index in [1.54, 1.807) is 0 Å². The van der Waals surface area contributed by atoms with E-state index in [0.29, 0.717) is 38.8 Å². The molecule has 1 aliphatic rings. The van der Waals surface area contributed by atoms with Crippen LogP contribution in [0.15, 0.2) is 0 Å². The van der Waals surface area contributed by atoms with Crippen LogP contribution in [0.4, 0.5) is 0 Å². The molecule has 0 aliphatic carbocycles. The molecule has 0 spiro atoms. The molecule has 4 nitrogen and oxygen atoms in total. The lowest BCUT2D eigenvalue weighted by atomic mass is 9.76. The molecule has 4 heteroatoms. The van der Waals surface area contributed by atoms with Crippen LogP contribution in [0.2, 0.25) is 0 Å². The molecule has 1 N–H and O–H groups in total. The highest BCUT2D eigenvalue weighted by Gasteiger charge is 2.40. The van der Waals surface area contributed by atoms with Gasteiger partial charge in [-0.3, -0.25) is 9.59 Å². The number of carboxylic acid groups (broad SMARTS) is 1. The first-order valence-electron chi connectivity index (χ1n) is 6.57. The Morgan fingerprint density at radius 2 is 1.82 bits per heavy atom. The van der Waals surface area contributed by atoms with Crippen molar-refractivity contribution in [2.24, 2.45) is 5.41 Å². The van der Waals surface area contributed by atoms with Crippen LogP contribution in [0.25, 0.3) is 0 Å². The molecule has 98 valence electrons. The normalized spacial score (nSPS) is 19.1. The van der Waals surface area contributed by atoms with Gasteiger partial charge >= 0.3 is 5.97 Å². The van der Waals surface area contributed by atoms with E-state index in [9.17, 15) is 14.7 Å². The minimum absolute atomic E-state index is 0.182. The average Bonchev–Trinajstić information content (AvgIpc) is 2.35. The zero-order chi connectivity index (χ0) is 12.9. The molecule has 1 rings (SSSR count). The fourth-order valence-electron chi connectivity index (χ4n) is 2.39. The van der Waals surface area contributed by atoms with E-state index < -0.39 is 11.4 Å². The van der Waals surface area contributed by atoms with Crippen molar-refractivity contribution in [2.45, 2.75) is 52.4 Å². The maximum absolute atomic E-state index is 11.8. The van der Waals surface area contributed by atoms with Gasteiger partial charge in [0.25, 0.3) is 0 Å². The van der Waals surface area contributed by atoms with Crippen molar-refractivity contribution < 1.29 is 14.7 Å². The van der Waals surface area contributed by atoms with Crippen LogP contribution >= 0.6 is 0 Å². The van der Waals surface area contributed by atoms with Crippen molar-refractivity contribution in [3.05, 3.63) is 0 Å². The van der Waals surface area contributed by atoms with Crippen molar-refractivity contribution in [2.75, 3.05) is 13.1 Å². The molecule has 0 aromatic heterocycles. The van der Waals surface area contributed by atoms with Gasteiger partial charge in [0.2, 0.25) is 5.91 Å². The summed E-state index contributed by atoms with van der Waals surface area (Å²) in [5, 5.41) is 9.25. The number of nitrogens with zero attached hydrogens (tertiary/aromatic N) is 1. The number of aliphatic carboxylic acids is 1. The Balaban J connectivity index is 2.49. The van der Waals surface area contributed by atoms with Crippen LogP contribution < -0.4 is 0 Å². The molecule has 0 radical (unpaired) electrons. The number of unbranched alkanes of at least 4 members (excludes halogenated alkanes) is 1. The minimum Gasteiger partial charge on any atom is -0.481 e. The van der Waals surface area contributed by atoms with Crippen LogP contribution in [0.1, 0.15) is 52.4 Å². The Kier molecular flexibility index (Phi) is 4.97. The monoisotopic (exact) mass is 241 g/mol. The number of amides is 1.